The van der Waals surface area contributed by atoms with Crippen molar-refractivity contribution < 1.29 is 0 Å². The topological polar surface area (TPSA) is 9.86 Å². The minimum absolute atomic E-state index is 1.25. The van der Waals surface area contributed by atoms with E-state index in [1.165, 1.54) is 70.5 Å². The molecular formula is C39H44N2Si3. The van der Waals surface area contributed by atoms with E-state index in [0.717, 1.165) is 0 Å². The van der Waals surface area contributed by atoms with Crippen molar-refractivity contribution in [3.8, 4) is 11.4 Å². The molecule has 0 aliphatic carbocycles. The van der Waals surface area contributed by atoms with Gasteiger partial charge in [0.2, 0.25) is 0 Å². The molecule has 2 aromatic heterocycles. The second-order valence-corrected chi connectivity index (χ2v) is 30.9. The summed E-state index contributed by atoms with van der Waals surface area (Å²) in [7, 11) is -4.59. The van der Waals surface area contributed by atoms with E-state index in [9.17, 15) is 0 Å². The number of hydrogen-bond acceptors (Lipinski definition) is 0. The van der Waals surface area contributed by atoms with Crippen molar-refractivity contribution in [1.82, 2.24) is 9.13 Å². The van der Waals surface area contributed by atoms with E-state index in [2.05, 4.69) is 171 Å². The average Bonchev–Trinajstić information content (AvgIpc) is 3.48. The maximum absolute atomic E-state index is 2.52. The summed E-state index contributed by atoms with van der Waals surface area (Å²) in [5.74, 6) is 0. The first-order valence-corrected chi connectivity index (χ1v) is 26.5. The molecular weight excluding hydrogens is 581 g/mol. The van der Waals surface area contributed by atoms with Crippen molar-refractivity contribution in [3.63, 3.8) is 0 Å². The van der Waals surface area contributed by atoms with Crippen molar-refractivity contribution in [3.05, 3.63) is 103 Å². The Morgan fingerprint density at radius 2 is 0.705 bits per heavy atom. The lowest BCUT2D eigenvalue weighted by Gasteiger charge is -2.22. The highest BCUT2D eigenvalue weighted by atomic mass is 28.3. The Kier molecular flexibility index (Phi) is 6.56. The zero-order chi connectivity index (χ0) is 31.2. The van der Waals surface area contributed by atoms with Gasteiger partial charge < -0.3 is 9.13 Å². The summed E-state index contributed by atoms with van der Waals surface area (Å²) in [6, 6.07) is 39.8. The molecule has 0 unspecified atom stereocenters. The molecule has 0 N–H and O–H groups in total. The lowest BCUT2D eigenvalue weighted by Crippen LogP contribution is -2.38. The fourth-order valence-corrected chi connectivity index (χ4v) is 10.2. The zero-order valence-electron chi connectivity index (χ0n) is 27.7. The van der Waals surface area contributed by atoms with Crippen LogP contribution in [0, 0.1) is 0 Å². The van der Waals surface area contributed by atoms with Crippen LogP contribution >= 0.6 is 0 Å². The number of hydrogen-bond donors (Lipinski definition) is 0. The minimum Gasteiger partial charge on any atom is -0.309 e. The van der Waals surface area contributed by atoms with Crippen molar-refractivity contribution in [2.75, 3.05) is 0 Å². The third-order valence-electron chi connectivity index (χ3n) is 9.36. The third kappa shape index (κ3) is 4.73. The summed E-state index contributed by atoms with van der Waals surface area (Å²) in [5, 5.41) is 9.86. The molecule has 0 saturated heterocycles. The molecule has 5 aromatic carbocycles. The smallest absolute Gasteiger partial charge is 0.0777 e. The molecule has 0 aliphatic rings. The molecule has 2 nitrogen and oxygen atoms in total. The molecule has 7 aromatic rings. The second-order valence-electron chi connectivity index (χ2n) is 15.7. The lowest BCUT2D eigenvalue weighted by molar-refractivity contribution is 1.14. The molecule has 0 amide bonds. The average molecular weight is 625 g/mol. The van der Waals surface area contributed by atoms with Crippen LogP contribution in [0.3, 0.4) is 0 Å². The summed E-state index contributed by atoms with van der Waals surface area (Å²) in [6.07, 6.45) is 0. The predicted octanol–water partition coefficient (Wildman–Crippen LogP) is 9.52. The van der Waals surface area contributed by atoms with Crippen molar-refractivity contribution in [1.29, 1.82) is 0 Å². The molecule has 7 rings (SSSR count). The van der Waals surface area contributed by atoms with Gasteiger partial charge in [0.1, 0.15) is 0 Å². The first-order valence-electron chi connectivity index (χ1n) is 16.0. The summed E-state index contributed by atoms with van der Waals surface area (Å²) in [6.45, 7) is 22.0. The van der Waals surface area contributed by atoms with Crippen LogP contribution in [0.4, 0.5) is 0 Å². The Hall–Kier alpha value is -3.65. The quantitative estimate of drug-likeness (QED) is 0.169. The fraction of sp³-hybridized carbons (Fsp3) is 0.231. The number of rotatable bonds is 5. The van der Waals surface area contributed by atoms with Crippen LogP contribution in [0.2, 0.25) is 58.9 Å². The number of fused-ring (bicyclic) bond motifs is 6. The van der Waals surface area contributed by atoms with Crippen LogP contribution in [-0.2, 0) is 0 Å². The van der Waals surface area contributed by atoms with Gasteiger partial charge in [-0.15, -0.1) is 0 Å². The molecule has 44 heavy (non-hydrogen) atoms. The standard InChI is InChI=1S/C39H44N2Si3/c1-42(2,3)29-18-20-38-34(25-29)32-14-10-12-16-36(32)40(38)27-22-28(24-31(23-27)44(7,8)9)41-37-17-13-11-15-33(37)35-26-30(43(4,5)6)19-21-39(35)41/h10-26H,1-9H3. The summed E-state index contributed by atoms with van der Waals surface area (Å²) in [5.41, 5.74) is 7.61. The molecule has 5 heteroatoms. The first kappa shape index (κ1) is 29.1. The molecule has 0 spiro atoms. The van der Waals surface area contributed by atoms with Crippen LogP contribution in [-0.4, -0.2) is 33.4 Å². The van der Waals surface area contributed by atoms with Gasteiger partial charge in [0, 0.05) is 32.9 Å². The van der Waals surface area contributed by atoms with Gasteiger partial charge in [-0.05, 0) is 42.5 Å². The molecule has 0 aliphatic heterocycles. The third-order valence-corrected chi connectivity index (χ3v) is 15.5. The van der Waals surface area contributed by atoms with E-state index < -0.39 is 24.2 Å². The minimum atomic E-state index is -1.67. The monoisotopic (exact) mass is 624 g/mol. The molecule has 0 atom stereocenters. The van der Waals surface area contributed by atoms with Gasteiger partial charge in [-0.3, -0.25) is 0 Å². The van der Waals surface area contributed by atoms with E-state index in [-0.39, 0.29) is 0 Å². The number of benzene rings is 5. The van der Waals surface area contributed by atoms with Gasteiger partial charge in [0.25, 0.3) is 0 Å². The summed E-state index contributed by atoms with van der Waals surface area (Å²) < 4.78 is 5.03. The van der Waals surface area contributed by atoms with Gasteiger partial charge in [0.15, 0.2) is 0 Å². The Balaban J connectivity index is 1.57. The molecule has 2 heterocycles. The van der Waals surface area contributed by atoms with Crippen LogP contribution in [0.1, 0.15) is 0 Å². The molecule has 0 saturated carbocycles. The fourth-order valence-electron chi connectivity index (χ4n) is 6.72. The highest BCUT2D eigenvalue weighted by molar-refractivity contribution is 6.89. The van der Waals surface area contributed by atoms with E-state index in [4.69, 9.17) is 0 Å². The van der Waals surface area contributed by atoms with Gasteiger partial charge in [-0.2, -0.15) is 0 Å². The van der Waals surface area contributed by atoms with E-state index in [1.807, 2.05) is 0 Å². The van der Waals surface area contributed by atoms with Crippen LogP contribution < -0.4 is 15.6 Å². The molecule has 0 bridgehead atoms. The Morgan fingerprint density at radius 1 is 0.341 bits per heavy atom. The van der Waals surface area contributed by atoms with Gasteiger partial charge in [-0.25, -0.2) is 0 Å². The van der Waals surface area contributed by atoms with E-state index >= 15 is 0 Å². The molecule has 222 valence electrons. The number of para-hydroxylation sites is 2. The van der Waals surface area contributed by atoms with E-state index in [1.54, 1.807) is 0 Å². The first-order chi connectivity index (χ1) is 20.7. The second kappa shape index (κ2) is 9.93. The summed E-state index contributed by atoms with van der Waals surface area (Å²) >= 11 is 0. The van der Waals surface area contributed by atoms with E-state index in [0.29, 0.717) is 0 Å². The van der Waals surface area contributed by atoms with Crippen molar-refractivity contribution in [2.24, 2.45) is 0 Å². The Bertz CT molecular complexity index is 2080. The Morgan fingerprint density at radius 3 is 1.09 bits per heavy atom. The summed E-state index contributed by atoms with van der Waals surface area (Å²) in [4.78, 5) is 0. The van der Waals surface area contributed by atoms with Gasteiger partial charge in [0.05, 0.1) is 46.3 Å². The maximum Gasteiger partial charge on any atom is 0.0777 e. The van der Waals surface area contributed by atoms with Gasteiger partial charge >= 0.3 is 0 Å². The highest BCUT2D eigenvalue weighted by Crippen LogP contribution is 2.35. The lowest BCUT2D eigenvalue weighted by atomic mass is 10.1. The highest BCUT2D eigenvalue weighted by Gasteiger charge is 2.24. The van der Waals surface area contributed by atoms with Crippen LogP contribution in [0.25, 0.3) is 55.0 Å². The normalized spacial score (nSPS) is 13.1. The van der Waals surface area contributed by atoms with Crippen molar-refractivity contribution >= 4 is 83.4 Å². The van der Waals surface area contributed by atoms with Crippen LogP contribution in [0.5, 0.6) is 0 Å². The zero-order valence-corrected chi connectivity index (χ0v) is 30.7. The largest absolute Gasteiger partial charge is 0.309 e. The number of nitrogens with zero attached hydrogens (tertiary/aromatic N) is 2. The van der Waals surface area contributed by atoms with Crippen molar-refractivity contribution in [2.45, 2.75) is 58.9 Å². The van der Waals surface area contributed by atoms with Crippen LogP contribution in [0.15, 0.2) is 103 Å². The van der Waals surface area contributed by atoms with Gasteiger partial charge in [-0.1, -0.05) is 135 Å². The number of aromatic nitrogens is 2. The SMILES string of the molecule is C[Si](C)(C)c1cc(-n2c3ccccc3c3cc([Si](C)(C)C)ccc32)cc(-n2c3ccccc3c3cc([Si](C)(C)C)ccc32)c1. The Labute approximate surface area is 265 Å². The predicted molar refractivity (Wildman–Crippen MR) is 204 cm³/mol. The molecule has 0 radical (unpaired) electrons. The molecule has 0 fully saturated rings. The maximum atomic E-state index is 2.52.